The fourth-order valence-corrected chi connectivity index (χ4v) is 3.24. The van der Waals surface area contributed by atoms with Gasteiger partial charge >= 0.3 is 5.97 Å². The zero-order chi connectivity index (χ0) is 20.3. The van der Waals surface area contributed by atoms with Crippen molar-refractivity contribution in [3.8, 4) is 0 Å². The number of esters is 1. The lowest BCUT2D eigenvalue weighted by atomic mass is 10.1. The number of carbonyl (C=O) groups is 3. The van der Waals surface area contributed by atoms with E-state index < -0.39 is 18.0 Å². The van der Waals surface area contributed by atoms with Crippen LogP contribution in [0, 0.1) is 13.8 Å². The van der Waals surface area contributed by atoms with Crippen molar-refractivity contribution in [3.63, 3.8) is 0 Å². The second-order valence-electron chi connectivity index (χ2n) is 7.00. The highest BCUT2D eigenvalue weighted by atomic mass is 16.5. The molecule has 1 aliphatic heterocycles. The predicted octanol–water partition coefficient (Wildman–Crippen LogP) is 3.61. The summed E-state index contributed by atoms with van der Waals surface area (Å²) in [6, 6.07) is 12.5. The van der Waals surface area contributed by atoms with E-state index in [2.05, 4.69) is 5.32 Å². The number of hydrogen-bond acceptors (Lipinski definition) is 4. The highest BCUT2D eigenvalue weighted by Crippen LogP contribution is 2.23. The van der Waals surface area contributed by atoms with Crippen molar-refractivity contribution < 1.29 is 19.1 Å². The van der Waals surface area contributed by atoms with Crippen molar-refractivity contribution >= 4 is 29.2 Å². The Morgan fingerprint density at radius 3 is 2.43 bits per heavy atom. The molecule has 1 saturated heterocycles. The van der Waals surface area contributed by atoms with Gasteiger partial charge in [-0.2, -0.15) is 0 Å². The standard InChI is InChI=1S/C22H24N2O4/c1-14-7-4-8-15(2)20(14)23-21(26)16(3)28-22(27)17-9-5-10-18(13-17)24-12-6-11-19(24)25/h4-5,7-10,13,16H,6,11-12H2,1-3H3,(H,23,26)/t16-/m1/s1. The zero-order valence-electron chi connectivity index (χ0n) is 16.3. The summed E-state index contributed by atoms with van der Waals surface area (Å²) >= 11 is 0. The molecule has 0 spiro atoms. The molecule has 1 aliphatic rings. The monoisotopic (exact) mass is 380 g/mol. The van der Waals surface area contributed by atoms with Gasteiger partial charge in [-0.15, -0.1) is 0 Å². The molecule has 28 heavy (non-hydrogen) atoms. The van der Waals surface area contributed by atoms with Crippen molar-refractivity contribution in [3.05, 3.63) is 59.2 Å². The molecule has 0 aromatic heterocycles. The number of nitrogens with zero attached hydrogens (tertiary/aromatic N) is 1. The van der Waals surface area contributed by atoms with E-state index >= 15 is 0 Å². The molecule has 6 heteroatoms. The molecule has 0 bridgehead atoms. The first-order valence-corrected chi connectivity index (χ1v) is 9.35. The van der Waals surface area contributed by atoms with Gasteiger partial charge in [-0.05, 0) is 56.5 Å². The molecule has 1 fully saturated rings. The Hall–Kier alpha value is -3.15. The van der Waals surface area contributed by atoms with Crippen molar-refractivity contribution in [1.82, 2.24) is 0 Å². The van der Waals surface area contributed by atoms with E-state index in [1.807, 2.05) is 32.0 Å². The molecule has 0 unspecified atom stereocenters. The maximum absolute atomic E-state index is 12.5. The smallest absolute Gasteiger partial charge is 0.338 e. The Morgan fingerprint density at radius 1 is 1.11 bits per heavy atom. The van der Waals surface area contributed by atoms with Crippen LogP contribution >= 0.6 is 0 Å². The topological polar surface area (TPSA) is 75.7 Å². The first-order chi connectivity index (χ1) is 13.4. The van der Waals surface area contributed by atoms with Gasteiger partial charge in [-0.3, -0.25) is 9.59 Å². The van der Waals surface area contributed by atoms with Crippen LogP contribution in [-0.2, 0) is 14.3 Å². The lowest BCUT2D eigenvalue weighted by Gasteiger charge is -2.18. The van der Waals surface area contributed by atoms with E-state index in [1.54, 1.807) is 29.2 Å². The SMILES string of the molecule is Cc1cccc(C)c1NC(=O)[C@@H](C)OC(=O)c1cccc(N2CCCC2=O)c1. The lowest BCUT2D eigenvalue weighted by molar-refractivity contribution is -0.123. The van der Waals surface area contributed by atoms with Gasteiger partial charge in [0.2, 0.25) is 5.91 Å². The summed E-state index contributed by atoms with van der Waals surface area (Å²) in [6.45, 7) is 6.00. The van der Waals surface area contributed by atoms with Crippen molar-refractivity contribution in [2.24, 2.45) is 0 Å². The van der Waals surface area contributed by atoms with Crippen LogP contribution in [0.1, 0.15) is 41.3 Å². The molecule has 6 nitrogen and oxygen atoms in total. The number of carbonyl (C=O) groups excluding carboxylic acids is 3. The maximum Gasteiger partial charge on any atom is 0.338 e. The van der Waals surface area contributed by atoms with Crippen LogP contribution in [0.25, 0.3) is 0 Å². The average Bonchev–Trinajstić information content (AvgIpc) is 3.10. The van der Waals surface area contributed by atoms with E-state index in [0.29, 0.717) is 24.2 Å². The minimum absolute atomic E-state index is 0.0480. The molecule has 3 rings (SSSR count). The van der Waals surface area contributed by atoms with Crippen LogP contribution < -0.4 is 10.2 Å². The number of rotatable bonds is 5. The quantitative estimate of drug-likeness (QED) is 0.804. The molecular formula is C22H24N2O4. The van der Waals surface area contributed by atoms with Crippen LogP contribution in [0.3, 0.4) is 0 Å². The van der Waals surface area contributed by atoms with E-state index in [0.717, 1.165) is 23.2 Å². The Bertz CT molecular complexity index is 902. The average molecular weight is 380 g/mol. The summed E-state index contributed by atoms with van der Waals surface area (Å²) in [5.74, 6) is -0.943. The summed E-state index contributed by atoms with van der Waals surface area (Å²) in [7, 11) is 0. The van der Waals surface area contributed by atoms with Gasteiger partial charge in [0.1, 0.15) is 0 Å². The molecule has 2 aromatic carbocycles. The summed E-state index contributed by atoms with van der Waals surface area (Å²) in [6.07, 6.45) is 0.372. The Balaban J connectivity index is 1.67. The second-order valence-corrected chi connectivity index (χ2v) is 7.00. The molecule has 1 heterocycles. The fraction of sp³-hybridized carbons (Fsp3) is 0.318. The van der Waals surface area contributed by atoms with Crippen LogP contribution in [0.2, 0.25) is 0 Å². The molecule has 0 aliphatic carbocycles. The van der Waals surface area contributed by atoms with Gasteiger partial charge in [0, 0.05) is 24.3 Å². The molecule has 0 radical (unpaired) electrons. The molecule has 1 atom stereocenters. The van der Waals surface area contributed by atoms with Gasteiger partial charge in [-0.25, -0.2) is 4.79 Å². The number of anilines is 2. The summed E-state index contributed by atoms with van der Waals surface area (Å²) in [5.41, 5.74) is 3.59. The normalized spacial score (nSPS) is 14.7. The Morgan fingerprint density at radius 2 is 1.79 bits per heavy atom. The summed E-state index contributed by atoms with van der Waals surface area (Å²) in [5, 5.41) is 2.83. The minimum Gasteiger partial charge on any atom is -0.449 e. The molecule has 146 valence electrons. The molecule has 0 saturated carbocycles. The molecule has 2 aromatic rings. The number of aryl methyl sites for hydroxylation is 2. The Labute approximate surface area is 164 Å². The maximum atomic E-state index is 12.5. The molecule has 2 amide bonds. The third-order valence-corrected chi connectivity index (χ3v) is 4.85. The highest BCUT2D eigenvalue weighted by molar-refractivity contribution is 6.00. The van der Waals surface area contributed by atoms with E-state index in [9.17, 15) is 14.4 Å². The van der Waals surface area contributed by atoms with E-state index in [1.165, 1.54) is 6.92 Å². The highest BCUT2D eigenvalue weighted by Gasteiger charge is 2.24. The molecular weight excluding hydrogens is 356 g/mol. The number of benzene rings is 2. The number of para-hydroxylation sites is 1. The van der Waals surface area contributed by atoms with Gasteiger partial charge in [0.05, 0.1) is 5.56 Å². The fourth-order valence-electron chi connectivity index (χ4n) is 3.24. The third kappa shape index (κ3) is 4.22. The van der Waals surface area contributed by atoms with Crippen LogP contribution in [-0.4, -0.2) is 30.4 Å². The van der Waals surface area contributed by atoms with E-state index in [4.69, 9.17) is 4.74 Å². The molecule has 1 N–H and O–H groups in total. The number of nitrogens with one attached hydrogen (secondary N) is 1. The van der Waals surface area contributed by atoms with Crippen LogP contribution in [0.15, 0.2) is 42.5 Å². The van der Waals surface area contributed by atoms with Crippen molar-refractivity contribution in [1.29, 1.82) is 0 Å². The first-order valence-electron chi connectivity index (χ1n) is 9.35. The van der Waals surface area contributed by atoms with Crippen molar-refractivity contribution in [2.45, 2.75) is 39.7 Å². The van der Waals surface area contributed by atoms with Gasteiger partial charge < -0.3 is 15.0 Å². The lowest BCUT2D eigenvalue weighted by Crippen LogP contribution is -2.30. The third-order valence-electron chi connectivity index (χ3n) is 4.85. The summed E-state index contributed by atoms with van der Waals surface area (Å²) in [4.78, 5) is 38.5. The number of amides is 2. The van der Waals surface area contributed by atoms with Crippen LogP contribution in [0.4, 0.5) is 11.4 Å². The zero-order valence-corrected chi connectivity index (χ0v) is 16.3. The minimum atomic E-state index is -0.955. The summed E-state index contributed by atoms with van der Waals surface area (Å²) < 4.78 is 5.34. The van der Waals surface area contributed by atoms with Gasteiger partial charge in [0.25, 0.3) is 5.91 Å². The first kappa shape index (κ1) is 19.6. The van der Waals surface area contributed by atoms with Gasteiger partial charge in [-0.1, -0.05) is 24.3 Å². The van der Waals surface area contributed by atoms with Gasteiger partial charge in [0.15, 0.2) is 6.10 Å². The number of ether oxygens (including phenoxy) is 1. The van der Waals surface area contributed by atoms with Crippen LogP contribution in [0.5, 0.6) is 0 Å². The second kappa shape index (κ2) is 8.25. The Kier molecular flexibility index (Phi) is 5.78. The van der Waals surface area contributed by atoms with Crippen molar-refractivity contribution in [2.75, 3.05) is 16.8 Å². The largest absolute Gasteiger partial charge is 0.449 e. The predicted molar refractivity (Wildman–Crippen MR) is 107 cm³/mol. The number of hydrogen-bond donors (Lipinski definition) is 1. The van der Waals surface area contributed by atoms with E-state index in [-0.39, 0.29) is 5.91 Å².